The Morgan fingerprint density at radius 2 is 2.44 bits per heavy atom. The van der Waals surface area contributed by atoms with E-state index >= 15 is 0 Å². The molecule has 1 aromatic heterocycles. The topological polar surface area (TPSA) is 50.2 Å². The van der Waals surface area contributed by atoms with E-state index in [9.17, 15) is 4.79 Å². The first-order valence-corrected chi connectivity index (χ1v) is 5.91. The molecule has 3 nitrogen and oxygen atoms in total. The zero-order chi connectivity index (χ0) is 11.7. The van der Waals surface area contributed by atoms with Crippen molar-refractivity contribution in [3.05, 3.63) is 28.0 Å². The molecule has 1 N–H and O–H groups in total. The highest BCUT2D eigenvalue weighted by atomic mass is 35.5. The molecule has 86 valence electrons. The lowest BCUT2D eigenvalue weighted by atomic mass is 9.84. The quantitative estimate of drug-likeness (QED) is 0.808. The monoisotopic (exact) mass is 239 g/mol. The van der Waals surface area contributed by atoms with Crippen LogP contribution in [0.15, 0.2) is 6.07 Å². The number of aromatic nitrogens is 1. The number of aromatic carboxylic acids is 1. The van der Waals surface area contributed by atoms with Gasteiger partial charge in [0.05, 0.1) is 5.56 Å². The molecular weight excluding hydrogens is 226 g/mol. The van der Waals surface area contributed by atoms with Gasteiger partial charge in [0.2, 0.25) is 0 Å². The predicted molar refractivity (Wildman–Crippen MR) is 62.0 cm³/mol. The molecule has 2 rings (SSSR count). The number of rotatable bonds is 2. The van der Waals surface area contributed by atoms with Gasteiger partial charge >= 0.3 is 5.97 Å². The number of fused-ring (bicyclic) bond motifs is 1. The molecule has 0 radical (unpaired) electrons. The summed E-state index contributed by atoms with van der Waals surface area (Å²) in [4.78, 5) is 15.1. The first kappa shape index (κ1) is 11.4. The summed E-state index contributed by atoms with van der Waals surface area (Å²) in [6.07, 6.45) is 4.09. The van der Waals surface area contributed by atoms with Crippen LogP contribution in [0.1, 0.15) is 41.4 Å². The lowest BCUT2D eigenvalue weighted by molar-refractivity contribution is 0.0696. The Hall–Kier alpha value is -1.09. The number of carbonyl (C=O) groups is 1. The number of halogens is 1. The van der Waals surface area contributed by atoms with Crippen LogP contribution in [0.3, 0.4) is 0 Å². The molecule has 1 unspecified atom stereocenters. The van der Waals surface area contributed by atoms with Gasteiger partial charge in [-0.3, -0.25) is 0 Å². The van der Waals surface area contributed by atoms with Crippen LogP contribution in [0.5, 0.6) is 0 Å². The van der Waals surface area contributed by atoms with Crippen LogP contribution in [0.25, 0.3) is 0 Å². The summed E-state index contributed by atoms with van der Waals surface area (Å²) < 4.78 is 0. The molecular formula is C12H14ClNO2. The van der Waals surface area contributed by atoms with Crippen molar-refractivity contribution in [1.82, 2.24) is 4.98 Å². The molecule has 16 heavy (non-hydrogen) atoms. The zero-order valence-electron chi connectivity index (χ0n) is 9.16. The van der Waals surface area contributed by atoms with Crippen LogP contribution < -0.4 is 0 Å². The Labute approximate surface area is 99.5 Å². The van der Waals surface area contributed by atoms with Crippen molar-refractivity contribution in [3.8, 4) is 0 Å². The zero-order valence-corrected chi connectivity index (χ0v) is 9.92. The van der Waals surface area contributed by atoms with Gasteiger partial charge in [0, 0.05) is 5.69 Å². The number of carboxylic acid groups (broad SMARTS) is 1. The third-order valence-electron chi connectivity index (χ3n) is 3.25. The summed E-state index contributed by atoms with van der Waals surface area (Å²) in [5.41, 5.74) is 2.15. The maximum Gasteiger partial charge on any atom is 0.338 e. The van der Waals surface area contributed by atoms with Gasteiger partial charge in [-0.1, -0.05) is 24.9 Å². The molecule has 0 fully saturated rings. The van der Waals surface area contributed by atoms with Crippen molar-refractivity contribution in [1.29, 1.82) is 0 Å². The summed E-state index contributed by atoms with van der Waals surface area (Å²) in [5, 5.41) is 9.08. The van der Waals surface area contributed by atoms with E-state index in [-0.39, 0.29) is 10.7 Å². The fourth-order valence-electron chi connectivity index (χ4n) is 2.21. The predicted octanol–water partition coefficient (Wildman–Crippen LogP) is 2.95. The third kappa shape index (κ3) is 2.05. The first-order chi connectivity index (χ1) is 7.61. The Morgan fingerprint density at radius 3 is 3.06 bits per heavy atom. The fraction of sp³-hybridized carbons (Fsp3) is 0.500. The number of pyridine rings is 1. The summed E-state index contributed by atoms with van der Waals surface area (Å²) in [6.45, 7) is 2.16. The normalized spacial score (nSPS) is 19.2. The van der Waals surface area contributed by atoms with Gasteiger partial charge in [0.25, 0.3) is 0 Å². The molecule has 1 aliphatic carbocycles. The molecule has 0 bridgehead atoms. The van der Waals surface area contributed by atoms with Crippen LogP contribution in [-0.2, 0) is 12.8 Å². The second kappa shape index (κ2) is 4.42. The third-order valence-corrected chi connectivity index (χ3v) is 3.54. The molecule has 1 atom stereocenters. The van der Waals surface area contributed by atoms with E-state index < -0.39 is 5.97 Å². The van der Waals surface area contributed by atoms with Crippen LogP contribution >= 0.6 is 11.6 Å². The average Bonchev–Trinajstić information content (AvgIpc) is 2.27. The Bertz CT molecular complexity index is 431. The number of hydrogen-bond acceptors (Lipinski definition) is 2. The van der Waals surface area contributed by atoms with Gasteiger partial charge < -0.3 is 5.11 Å². The van der Waals surface area contributed by atoms with Crippen molar-refractivity contribution in [2.24, 2.45) is 5.92 Å². The van der Waals surface area contributed by atoms with Crippen LogP contribution in [0.2, 0.25) is 5.15 Å². The first-order valence-electron chi connectivity index (χ1n) is 5.53. The largest absolute Gasteiger partial charge is 0.478 e. The summed E-state index contributed by atoms with van der Waals surface area (Å²) >= 11 is 5.83. The smallest absolute Gasteiger partial charge is 0.338 e. The van der Waals surface area contributed by atoms with Crippen molar-refractivity contribution in [2.75, 3.05) is 0 Å². The van der Waals surface area contributed by atoms with E-state index in [2.05, 4.69) is 11.9 Å². The molecule has 0 spiro atoms. The molecule has 0 saturated heterocycles. The Balaban J connectivity index is 2.39. The van der Waals surface area contributed by atoms with Gasteiger partial charge in [-0.25, -0.2) is 9.78 Å². The highest BCUT2D eigenvalue weighted by Gasteiger charge is 2.21. The van der Waals surface area contributed by atoms with Gasteiger partial charge in [-0.15, -0.1) is 0 Å². The van der Waals surface area contributed by atoms with Crippen LogP contribution in [0, 0.1) is 5.92 Å². The van der Waals surface area contributed by atoms with Crippen LogP contribution in [0.4, 0.5) is 0 Å². The minimum atomic E-state index is -1.00. The molecule has 0 aliphatic heterocycles. The second-order valence-electron chi connectivity index (χ2n) is 4.25. The summed E-state index contributed by atoms with van der Waals surface area (Å²) in [7, 11) is 0. The van der Waals surface area contributed by atoms with Gasteiger partial charge in [-0.2, -0.15) is 0 Å². The van der Waals surface area contributed by atoms with E-state index in [4.69, 9.17) is 16.7 Å². The van der Waals surface area contributed by atoms with E-state index in [1.165, 1.54) is 0 Å². The highest BCUT2D eigenvalue weighted by molar-refractivity contribution is 6.32. The number of carboxylic acids is 1. The van der Waals surface area contributed by atoms with Gasteiger partial charge in [0.1, 0.15) is 5.15 Å². The maximum atomic E-state index is 10.9. The number of hydrogen-bond donors (Lipinski definition) is 1. The lowest BCUT2D eigenvalue weighted by Crippen LogP contribution is -2.16. The second-order valence-corrected chi connectivity index (χ2v) is 4.61. The lowest BCUT2D eigenvalue weighted by Gasteiger charge is -2.23. The minimum Gasteiger partial charge on any atom is -0.478 e. The molecule has 0 aromatic carbocycles. The van der Waals surface area contributed by atoms with Crippen molar-refractivity contribution in [2.45, 2.75) is 32.6 Å². The maximum absolute atomic E-state index is 10.9. The SMILES string of the molecule is CCC1CCc2nc(Cl)c(C(=O)O)cc2C1. The Kier molecular flexibility index (Phi) is 3.15. The van der Waals surface area contributed by atoms with Gasteiger partial charge in [-0.05, 0) is 36.8 Å². The van der Waals surface area contributed by atoms with Crippen molar-refractivity contribution >= 4 is 17.6 Å². The van der Waals surface area contributed by atoms with Crippen molar-refractivity contribution in [3.63, 3.8) is 0 Å². The van der Waals surface area contributed by atoms with Crippen LogP contribution in [-0.4, -0.2) is 16.1 Å². The summed E-state index contributed by atoms with van der Waals surface area (Å²) in [5.74, 6) is -0.351. The molecule has 1 aliphatic rings. The van der Waals surface area contributed by atoms with E-state index in [1.54, 1.807) is 6.07 Å². The molecule has 1 aromatic rings. The number of aryl methyl sites for hydroxylation is 1. The Morgan fingerprint density at radius 1 is 1.69 bits per heavy atom. The highest BCUT2D eigenvalue weighted by Crippen LogP contribution is 2.29. The molecule has 0 amide bonds. The van der Waals surface area contributed by atoms with E-state index in [1.807, 2.05) is 0 Å². The standard InChI is InChI=1S/C12H14ClNO2/c1-2-7-3-4-10-8(5-7)6-9(12(15)16)11(13)14-10/h6-7H,2-5H2,1H3,(H,15,16). The average molecular weight is 240 g/mol. The van der Waals surface area contributed by atoms with Crippen molar-refractivity contribution < 1.29 is 9.90 Å². The number of nitrogens with zero attached hydrogens (tertiary/aromatic N) is 1. The summed E-state index contributed by atoms with van der Waals surface area (Å²) in [6, 6.07) is 1.69. The minimum absolute atomic E-state index is 0.112. The van der Waals surface area contributed by atoms with E-state index in [0.29, 0.717) is 5.92 Å². The fourth-order valence-corrected chi connectivity index (χ4v) is 2.45. The molecule has 0 saturated carbocycles. The van der Waals surface area contributed by atoms with Gasteiger partial charge in [0.15, 0.2) is 0 Å². The van der Waals surface area contributed by atoms with E-state index in [0.717, 1.165) is 36.9 Å². The molecule has 1 heterocycles. The molecule has 4 heteroatoms.